The minimum Gasteiger partial charge on any atom is -0.338 e. The number of benzene rings is 2. The van der Waals surface area contributed by atoms with Crippen LogP contribution in [-0.4, -0.2) is 31.3 Å². The minimum atomic E-state index is -3.74. The van der Waals surface area contributed by atoms with E-state index in [9.17, 15) is 13.2 Å². The van der Waals surface area contributed by atoms with E-state index in [1.807, 2.05) is 18.3 Å². The van der Waals surface area contributed by atoms with Crippen molar-refractivity contribution in [3.63, 3.8) is 0 Å². The molecule has 4 rings (SSSR count). The van der Waals surface area contributed by atoms with E-state index >= 15 is 0 Å². The third-order valence-electron chi connectivity index (χ3n) is 4.60. The molecule has 0 spiro atoms. The zero-order valence-electron chi connectivity index (χ0n) is 15.4. The van der Waals surface area contributed by atoms with Gasteiger partial charge in [-0.25, -0.2) is 8.42 Å². The van der Waals surface area contributed by atoms with Crippen molar-refractivity contribution in [3.05, 3.63) is 59.8 Å². The summed E-state index contributed by atoms with van der Waals surface area (Å²) in [6.07, 6.45) is 3.27. The first-order valence-corrected chi connectivity index (χ1v) is 11.0. The molecule has 3 aromatic rings. The monoisotopic (exact) mass is 430 g/mol. The maximum atomic E-state index is 12.5. The summed E-state index contributed by atoms with van der Waals surface area (Å²) in [5.41, 5.74) is 1.26. The van der Waals surface area contributed by atoms with Crippen LogP contribution in [0.4, 0.5) is 5.69 Å². The summed E-state index contributed by atoms with van der Waals surface area (Å²) in [5.74, 6) is 0.197. The predicted octanol–water partition coefficient (Wildman–Crippen LogP) is 3.40. The van der Waals surface area contributed by atoms with Gasteiger partial charge in [0.05, 0.1) is 4.90 Å². The number of halogens is 1. The summed E-state index contributed by atoms with van der Waals surface area (Å²) >= 11 is 6.05. The number of carbonyl (C=O) groups excluding carboxylic acids is 1. The van der Waals surface area contributed by atoms with E-state index in [0.717, 1.165) is 17.3 Å². The quantitative estimate of drug-likeness (QED) is 0.649. The maximum absolute atomic E-state index is 12.5. The summed E-state index contributed by atoms with van der Waals surface area (Å²) in [6.45, 7) is 0.711. The number of aromatic nitrogens is 1. The third-order valence-corrected chi connectivity index (χ3v) is 6.22. The molecule has 29 heavy (non-hydrogen) atoms. The number of hydrogen-bond donors (Lipinski definition) is 2. The van der Waals surface area contributed by atoms with Gasteiger partial charge >= 0.3 is 0 Å². The summed E-state index contributed by atoms with van der Waals surface area (Å²) in [7, 11) is -3.74. The van der Waals surface area contributed by atoms with E-state index in [1.165, 1.54) is 12.1 Å². The predicted molar refractivity (Wildman–Crippen MR) is 114 cm³/mol. The molecule has 0 fully saturated rings. The number of fused-ring (bicyclic) bond motifs is 1. The molecule has 0 unspecified atom stereocenters. The Kier molecular flexibility index (Phi) is 5.29. The number of nitrogens with zero attached hydrogens (tertiary/aromatic N) is 2. The molecule has 1 aliphatic rings. The molecule has 0 atom stereocenters. The van der Waals surface area contributed by atoms with Crippen LogP contribution in [0.1, 0.15) is 12.8 Å². The Morgan fingerprint density at radius 2 is 2.03 bits per heavy atom. The molecule has 9 heteroatoms. The summed E-state index contributed by atoms with van der Waals surface area (Å²) < 4.78 is 29.4. The number of nitrogens with one attached hydrogen (secondary N) is 2. The van der Waals surface area contributed by atoms with Crippen molar-refractivity contribution in [3.8, 4) is 0 Å². The lowest BCUT2D eigenvalue weighted by molar-refractivity contribution is -0.116. The average molecular weight is 431 g/mol. The zero-order chi connectivity index (χ0) is 20.4. The first kappa shape index (κ1) is 19.5. The standard InChI is InChI=1S/C20H19ClN4O3S/c21-15-7-6-14-8-10-25(18(14)11-15)13-20(26)23-16-3-1-4-17(12-16)29(27,28)24-19-5-2-9-22-19/h1,3-4,6-8,10-12H,2,5,9,13H2,(H,22,24)(H,23,26). The molecule has 1 aromatic heterocycles. The van der Waals surface area contributed by atoms with E-state index in [2.05, 4.69) is 15.0 Å². The van der Waals surface area contributed by atoms with Crippen LogP contribution in [0.15, 0.2) is 64.6 Å². The Bertz CT molecular complexity index is 1220. The van der Waals surface area contributed by atoms with Crippen molar-refractivity contribution in [1.82, 2.24) is 9.29 Å². The smallest absolute Gasteiger partial charge is 0.262 e. The Labute approximate surface area is 173 Å². The van der Waals surface area contributed by atoms with Crippen molar-refractivity contribution in [2.75, 3.05) is 11.9 Å². The van der Waals surface area contributed by atoms with E-state index in [-0.39, 0.29) is 17.3 Å². The molecule has 0 saturated heterocycles. The molecule has 2 N–H and O–H groups in total. The highest BCUT2D eigenvalue weighted by atomic mass is 35.5. The van der Waals surface area contributed by atoms with Crippen LogP contribution >= 0.6 is 11.6 Å². The SMILES string of the molecule is O=C(Cn1ccc2ccc(Cl)cc21)Nc1cccc(S(=O)(=O)NC2=NCCC2)c1. The molecule has 0 bridgehead atoms. The maximum Gasteiger partial charge on any atom is 0.262 e. The number of aliphatic imine (C=N–C) groups is 1. The van der Waals surface area contributed by atoms with Crippen molar-refractivity contribution in [2.45, 2.75) is 24.3 Å². The first-order chi connectivity index (χ1) is 13.9. The molecule has 2 heterocycles. The van der Waals surface area contributed by atoms with Crippen LogP contribution in [0.25, 0.3) is 10.9 Å². The molecule has 7 nitrogen and oxygen atoms in total. The molecule has 150 valence electrons. The first-order valence-electron chi connectivity index (χ1n) is 9.11. The number of carbonyl (C=O) groups is 1. The minimum absolute atomic E-state index is 0.0723. The second-order valence-electron chi connectivity index (χ2n) is 6.76. The van der Waals surface area contributed by atoms with Gasteiger partial charge in [-0.2, -0.15) is 0 Å². The highest BCUT2D eigenvalue weighted by Gasteiger charge is 2.19. The zero-order valence-corrected chi connectivity index (χ0v) is 17.0. The second-order valence-corrected chi connectivity index (χ2v) is 8.88. The molecule has 0 aliphatic carbocycles. The van der Waals surface area contributed by atoms with Gasteiger partial charge < -0.3 is 9.88 Å². The van der Waals surface area contributed by atoms with Crippen molar-refractivity contribution < 1.29 is 13.2 Å². The van der Waals surface area contributed by atoms with Gasteiger partial charge in [0.1, 0.15) is 12.4 Å². The van der Waals surface area contributed by atoms with Crippen LogP contribution in [0.3, 0.4) is 0 Å². The molecule has 0 radical (unpaired) electrons. The fraction of sp³-hybridized carbons (Fsp3) is 0.200. The Hall–Kier alpha value is -2.84. The summed E-state index contributed by atoms with van der Waals surface area (Å²) in [4.78, 5) is 16.7. The largest absolute Gasteiger partial charge is 0.338 e. The van der Waals surface area contributed by atoms with Gasteiger partial charge in [-0.05, 0) is 48.2 Å². The lowest BCUT2D eigenvalue weighted by atomic mass is 10.2. The van der Waals surface area contributed by atoms with Gasteiger partial charge in [-0.3, -0.25) is 14.5 Å². The normalized spacial score (nSPS) is 14.0. The van der Waals surface area contributed by atoms with Crippen molar-refractivity contribution in [1.29, 1.82) is 0 Å². The lowest BCUT2D eigenvalue weighted by Gasteiger charge is -2.11. The van der Waals surface area contributed by atoms with E-state index < -0.39 is 10.0 Å². The molecule has 0 saturated carbocycles. The van der Waals surface area contributed by atoms with E-state index in [1.54, 1.807) is 28.8 Å². The Morgan fingerprint density at radius 1 is 1.17 bits per heavy atom. The van der Waals surface area contributed by atoms with Gasteiger partial charge in [0.25, 0.3) is 10.0 Å². The molecule has 1 amide bonds. The molecule has 1 aliphatic heterocycles. The van der Waals surface area contributed by atoms with Gasteiger partial charge in [0.15, 0.2) is 0 Å². The van der Waals surface area contributed by atoms with Crippen LogP contribution in [0.2, 0.25) is 5.02 Å². The average Bonchev–Trinajstić information content (AvgIpc) is 3.32. The fourth-order valence-electron chi connectivity index (χ4n) is 3.23. The highest BCUT2D eigenvalue weighted by Crippen LogP contribution is 2.21. The van der Waals surface area contributed by atoms with Gasteiger partial charge in [-0.1, -0.05) is 23.7 Å². The van der Waals surface area contributed by atoms with E-state index in [0.29, 0.717) is 29.5 Å². The summed E-state index contributed by atoms with van der Waals surface area (Å²) in [5, 5.41) is 4.33. The molecule has 2 aromatic carbocycles. The van der Waals surface area contributed by atoms with Gasteiger partial charge in [0.2, 0.25) is 5.91 Å². The molecular weight excluding hydrogens is 412 g/mol. The Balaban J connectivity index is 1.48. The topological polar surface area (TPSA) is 92.6 Å². The van der Waals surface area contributed by atoms with Crippen molar-refractivity contribution in [2.24, 2.45) is 4.99 Å². The number of sulfonamides is 1. The third kappa shape index (κ3) is 4.44. The summed E-state index contributed by atoms with van der Waals surface area (Å²) in [6, 6.07) is 13.5. The van der Waals surface area contributed by atoms with Crippen LogP contribution < -0.4 is 10.0 Å². The van der Waals surface area contributed by atoms with Crippen LogP contribution in [-0.2, 0) is 21.4 Å². The second kappa shape index (κ2) is 7.88. The number of amidine groups is 1. The van der Waals surface area contributed by atoms with Crippen LogP contribution in [0, 0.1) is 0 Å². The highest BCUT2D eigenvalue weighted by molar-refractivity contribution is 7.90. The number of hydrogen-bond acceptors (Lipinski definition) is 4. The van der Waals surface area contributed by atoms with Gasteiger partial charge in [0, 0.05) is 35.4 Å². The van der Waals surface area contributed by atoms with Crippen LogP contribution in [0.5, 0.6) is 0 Å². The number of amides is 1. The molecular formula is C20H19ClN4O3S. The van der Waals surface area contributed by atoms with E-state index in [4.69, 9.17) is 11.6 Å². The number of anilines is 1. The van der Waals surface area contributed by atoms with Gasteiger partial charge in [-0.15, -0.1) is 0 Å². The number of rotatable bonds is 5. The van der Waals surface area contributed by atoms with Crippen molar-refractivity contribution >= 4 is 50.0 Å². The lowest BCUT2D eigenvalue weighted by Crippen LogP contribution is -2.29. The Morgan fingerprint density at radius 3 is 2.83 bits per heavy atom. The fourth-order valence-corrected chi connectivity index (χ4v) is 4.53.